The van der Waals surface area contributed by atoms with Gasteiger partial charge >= 0.3 is 0 Å². The molecule has 0 radical (unpaired) electrons. The SMILES string of the molecule is C1=CC(C2=C(CCC3=C(C4C=CC5=C4CCCC5)Cc4ccccc43)c3ccccc3C2)C2=C1CCCC2. The van der Waals surface area contributed by atoms with Crippen LogP contribution in [0.4, 0.5) is 0 Å². The van der Waals surface area contributed by atoms with Crippen molar-refractivity contribution in [2.45, 2.75) is 77.0 Å². The van der Waals surface area contributed by atoms with E-state index in [1.165, 1.54) is 62.5 Å². The molecule has 0 saturated heterocycles. The minimum absolute atomic E-state index is 0.546. The van der Waals surface area contributed by atoms with Crippen molar-refractivity contribution in [1.29, 1.82) is 0 Å². The second-order valence-corrected chi connectivity index (χ2v) is 12.4. The molecular formula is C38H38. The second-order valence-electron chi connectivity index (χ2n) is 12.4. The van der Waals surface area contributed by atoms with Crippen LogP contribution in [0.5, 0.6) is 0 Å². The van der Waals surface area contributed by atoms with Crippen molar-refractivity contribution in [1.82, 2.24) is 0 Å². The highest BCUT2D eigenvalue weighted by Gasteiger charge is 2.34. The van der Waals surface area contributed by atoms with E-state index in [0.29, 0.717) is 11.8 Å². The normalized spacial score (nSPS) is 25.5. The third-order valence-electron chi connectivity index (χ3n) is 10.4. The number of rotatable bonds is 5. The molecule has 0 amide bonds. The molecule has 0 fully saturated rings. The maximum atomic E-state index is 2.55. The molecule has 0 nitrogen and oxygen atoms in total. The first-order valence-electron chi connectivity index (χ1n) is 15.3. The maximum absolute atomic E-state index is 2.55. The summed E-state index contributed by atoms with van der Waals surface area (Å²) in [5.41, 5.74) is 19.7. The van der Waals surface area contributed by atoms with Crippen molar-refractivity contribution < 1.29 is 0 Å². The Hall–Kier alpha value is -3.12. The Bertz CT molecular complexity index is 1400. The molecule has 2 aromatic rings. The van der Waals surface area contributed by atoms with E-state index in [4.69, 9.17) is 0 Å². The number of fused-ring (bicyclic) bond motifs is 2. The van der Waals surface area contributed by atoms with E-state index in [9.17, 15) is 0 Å². The maximum Gasteiger partial charge on any atom is 0.0205 e. The predicted octanol–water partition coefficient (Wildman–Crippen LogP) is 9.90. The van der Waals surface area contributed by atoms with Crippen molar-refractivity contribution >= 4 is 11.1 Å². The molecule has 6 aliphatic carbocycles. The summed E-state index contributed by atoms with van der Waals surface area (Å²) < 4.78 is 0. The molecule has 190 valence electrons. The van der Waals surface area contributed by atoms with Gasteiger partial charge in [0.15, 0.2) is 0 Å². The van der Waals surface area contributed by atoms with Crippen LogP contribution in [0.2, 0.25) is 0 Å². The van der Waals surface area contributed by atoms with Gasteiger partial charge in [-0.1, -0.05) is 95.1 Å². The third kappa shape index (κ3) is 3.64. The summed E-state index contributed by atoms with van der Waals surface area (Å²) in [5.74, 6) is 1.09. The zero-order valence-electron chi connectivity index (χ0n) is 22.6. The lowest BCUT2D eigenvalue weighted by molar-refractivity contribution is 0.648. The van der Waals surface area contributed by atoms with E-state index in [1.807, 2.05) is 0 Å². The van der Waals surface area contributed by atoms with Gasteiger partial charge in [0.2, 0.25) is 0 Å². The molecule has 0 spiro atoms. The highest BCUT2D eigenvalue weighted by molar-refractivity contribution is 5.83. The second kappa shape index (κ2) is 9.26. The number of hydrogen-bond acceptors (Lipinski definition) is 0. The van der Waals surface area contributed by atoms with Gasteiger partial charge in [-0.3, -0.25) is 0 Å². The van der Waals surface area contributed by atoms with Crippen LogP contribution in [0.15, 0.2) is 106 Å². The van der Waals surface area contributed by atoms with Crippen LogP contribution in [-0.2, 0) is 12.8 Å². The highest BCUT2D eigenvalue weighted by atomic mass is 14.4. The van der Waals surface area contributed by atoms with Crippen LogP contribution in [-0.4, -0.2) is 0 Å². The molecule has 0 saturated carbocycles. The first-order valence-corrected chi connectivity index (χ1v) is 15.3. The summed E-state index contributed by atoms with van der Waals surface area (Å²) in [6, 6.07) is 18.6. The third-order valence-corrected chi connectivity index (χ3v) is 10.4. The van der Waals surface area contributed by atoms with Crippen molar-refractivity contribution in [3.8, 4) is 0 Å². The molecule has 0 heteroatoms. The van der Waals surface area contributed by atoms with Crippen molar-refractivity contribution in [3.05, 3.63) is 129 Å². The number of benzene rings is 2. The number of hydrogen-bond donors (Lipinski definition) is 0. The zero-order chi connectivity index (χ0) is 25.1. The van der Waals surface area contributed by atoms with Crippen molar-refractivity contribution in [2.75, 3.05) is 0 Å². The van der Waals surface area contributed by atoms with E-state index in [-0.39, 0.29) is 0 Å². The quantitative estimate of drug-likeness (QED) is 0.388. The van der Waals surface area contributed by atoms with Gasteiger partial charge in [0.25, 0.3) is 0 Å². The van der Waals surface area contributed by atoms with E-state index in [0.717, 1.165) is 25.7 Å². The van der Waals surface area contributed by atoms with Gasteiger partial charge in [-0.25, -0.2) is 0 Å². The lowest BCUT2D eigenvalue weighted by atomic mass is 9.81. The van der Waals surface area contributed by atoms with Gasteiger partial charge in [0.05, 0.1) is 0 Å². The monoisotopic (exact) mass is 494 g/mol. The van der Waals surface area contributed by atoms with E-state index < -0.39 is 0 Å². The first kappa shape index (κ1) is 22.8. The lowest BCUT2D eigenvalue weighted by Crippen LogP contribution is -2.08. The standard InChI is InChI=1S/C38H38/c1-5-13-29-25(9-1)17-19-33(29)37-23-27-11-3-7-15-31(27)35(37)21-22-36-32-16-8-4-12-28(32)24-38(36)34-20-18-26-10-2-6-14-30(26)34/h3-4,7-8,11-12,15-20,33-34H,1-2,5-6,9-10,13-14,21-24H2. The van der Waals surface area contributed by atoms with E-state index in [1.54, 1.807) is 55.7 Å². The molecular weight excluding hydrogens is 456 g/mol. The fraction of sp³-hybridized carbons (Fsp3) is 0.368. The first-order chi connectivity index (χ1) is 18.8. The summed E-state index contributed by atoms with van der Waals surface area (Å²) in [6.07, 6.45) is 25.3. The molecule has 2 unspecified atom stereocenters. The Labute approximate surface area is 228 Å². The van der Waals surface area contributed by atoms with Crippen molar-refractivity contribution in [3.63, 3.8) is 0 Å². The van der Waals surface area contributed by atoms with Crippen LogP contribution in [0, 0.1) is 11.8 Å². The average molecular weight is 495 g/mol. The molecule has 0 bridgehead atoms. The van der Waals surface area contributed by atoms with Crippen LogP contribution in [0.25, 0.3) is 11.1 Å². The molecule has 0 aliphatic heterocycles. The lowest BCUT2D eigenvalue weighted by Gasteiger charge is -2.23. The fourth-order valence-corrected chi connectivity index (χ4v) is 8.65. The molecule has 2 atom stereocenters. The smallest absolute Gasteiger partial charge is 0.0205 e. The predicted molar refractivity (Wildman–Crippen MR) is 160 cm³/mol. The van der Waals surface area contributed by atoms with Gasteiger partial charge in [-0.05, 0) is 122 Å². The molecule has 38 heavy (non-hydrogen) atoms. The summed E-state index contributed by atoms with van der Waals surface area (Å²) in [6.45, 7) is 0. The minimum atomic E-state index is 0.546. The van der Waals surface area contributed by atoms with Gasteiger partial charge < -0.3 is 0 Å². The summed E-state index contributed by atoms with van der Waals surface area (Å²) in [4.78, 5) is 0. The Morgan fingerprint density at radius 1 is 0.500 bits per heavy atom. The summed E-state index contributed by atoms with van der Waals surface area (Å²) >= 11 is 0. The van der Waals surface area contributed by atoms with Gasteiger partial charge in [-0.2, -0.15) is 0 Å². The fourth-order valence-electron chi connectivity index (χ4n) is 8.65. The minimum Gasteiger partial charge on any atom is -0.0730 e. The Kier molecular flexibility index (Phi) is 5.56. The Morgan fingerprint density at radius 2 is 0.947 bits per heavy atom. The van der Waals surface area contributed by atoms with E-state index in [2.05, 4.69) is 72.8 Å². The van der Waals surface area contributed by atoms with Crippen LogP contribution < -0.4 is 0 Å². The topological polar surface area (TPSA) is 0 Å². The Balaban J connectivity index is 1.18. The Morgan fingerprint density at radius 3 is 1.45 bits per heavy atom. The van der Waals surface area contributed by atoms with Crippen LogP contribution in [0.1, 0.15) is 86.5 Å². The molecule has 6 aliphatic rings. The molecule has 2 aromatic carbocycles. The van der Waals surface area contributed by atoms with Gasteiger partial charge in [0.1, 0.15) is 0 Å². The van der Waals surface area contributed by atoms with E-state index >= 15 is 0 Å². The molecule has 8 rings (SSSR count). The molecule has 0 aromatic heterocycles. The van der Waals surface area contributed by atoms with Crippen molar-refractivity contribution in [2.24, 2.45) is 11.8 Å². The van der Waals surface area contributed by atoms with Crippen LogP contribution >= 0.6 is 0 Å². The average Bonchev–Trinajstić information content (AvgIpc) is 3.74. The van der Waals surface area contributed by atoms with Gasteiger partial charge in [0, 0.05) is 11.8 Å². The largest absolute Gasteiger partial charge is 0.0730 e. The van der Waals surface area contributed by atoms with Crippen LogP contribution in [0.3, 0.4) is 0 Å². The summed E-state index contributed by atoms with van der Waals surface area (Å²) in [7, 11) is 0. The number of allylic oxidation sites excluding steroid dienone is 12. The zero-order valence-corrected chi connectivity index (χ0v) is 22.6. The summed E-state index contributed by atoms with van der Waals surface area (Å²) in [5, 5.41) is 0. The molecule has 0 heterocycles. The highest BCUT2D eigenvalue weighted by Crippen LogP contribution is 2.50. The van der Waals surface area contributed by atoms with Gasteiger partial charge in [-0.15, -0.1) is 0 Å². The molecule has 0 N–H and O–H groups in total.